The maximum atomic E-state index is 4.24. The Morgan fingerprint density at radius 2 is 2.14 bits per heavy atom. The molecule has 5 heteroatoms. The van der Waals surface area contributed by atoms with Crippen LogP contribution in [0.1, 0.15) is 12.6 Å². The summed E-state index contributed by atoms with van der Waals surface area (Å²) in [6.07, 6.45) is 5.13. The quantitative estimate of drug-likeness (QED) is 0.708. The van der Waals surface area contributed by atoms with Gasteiger partial charge in [0, 0.05) is 12.7 Å². The van der Waals surface area contributed by atoms with Gasteiger partial charge in [-0.05, 0) is 13.8 Å². The zero-order chi connectivity index (χ0) is 9.97. The average molecular weight is 189 g/mol. The topological polar surface area (TPSA) is 56.5 Å². The molecule has 0 aromatic carbocycles. The minimum atomic E-state index is 0.759. The highest BCUT2D eigenvalue weighted by Gasteiger charge is 2.06. The predicted molar refractivity (Wildman–Crippen MR) is 51.5 cm³/mol. The van der Waals surface area contributed by atoms with Crippen molar-refractivity contribution in [3.05, 3.63) is 24.4 Å². The van der Waals surface area contributed by atoms with Crippen LogP contribution >= 0.6 is 0 Å². The van der Waals surface area contributed by atoms with Crippen LogP contribution in [-0.2, 0) is 6.54 Å². The summed E-state index contributed by atoms with van der Waals surface area (Å²) in [5.41, 5.74) is 1.66. The van der Waals surface area contributed by atoms with E-state index >= 15 is 0 Å². The second kappa shape index (κ2) is 3.53. The van der Waals surface area contributed by atoms with Crippen molar-refractivity contribution in [3.8, 4) is 11.5 Å². The van der Waals surface area contributed by atoms with Gasteiger partial charge in [-0.1, -0.05) is 0 Å². The van der Waals surface area contributed by atoms with E-state index in [4.69, 9.17) is 0 Å². The van der Waals surface area contributed by atoms with Crippen LogP contribution in [0, 0.1) is 6.92 Å². The second-order valence-corrected chi connectivity index (χ2v) is 2.98. The summed E-state index contributed by atoms with van der Waals surface area (Å²) in [4.78, 5) is 8.41. The highest BCUT2D eigenvalue weighted by Crippen LogP contribution is 2.11. The summed E-state index contributed by atoms with van der Waals surface area (Å²) < 4.78 is 1.93. The van der Waals surface area contributed by atoms with Crippen molar-refractivity contribution >= 4 is 0 Å². The smallest absolute Gasteiger partial charge is 0.183 e. The molecule has 2 rings (SSSR count). The van der Waals surface area contributed by atoms with Crippen molar-refractivity contribution in [2.24, 2.45) is 0 Å². The predicted octanol–water partition coefficient (Wildman–Crippen LogP) is 1.06. The summed E-state index contributed by atoms with van der Waals surface area (Å²) in [6.45, 7) is 4.77. The Kier molecular flexibility index (Phi) is 2.22. The lowest BCUT2D eigenvalue weighted by molar-refractivity contribution is 0.763. The Labute approximate surface area is 81.8 Å². The van der Waals surface area contributed by atoms with Crippen molar-refractivity contribution < 1.29 is 0 Å². The van der Waals surface area contributed by atoms with Crippen LogP contribution < -0.4 is 0 Å². The molecule has 0 radical (unpaired) electrons. The minimum Gasteiger partial charge on any atom is -0.313 e. The highest BCUT2D eigenvalue weighted by molar-refractivity contribution is 5.46. The molecule has 0 aliphatic rings. The Bertz CT molecular complexity index is 417. The van der Waals surface area contributed by atoms with Gasteiger partial charge in [-0.25, -0.2) is 4.98 Å². The zero-order valence-corrected chi connectivity index (χ0v) is 8.18. The molecule has 2 heterocycles. The minimum absolute atomic E-state index is 0.759. The van der Waals surface area contributed by atoms with Crippen LogP contribution in [0.2, 0.25) is 0 Å². The van der Waals surface area contributed by atoms with Gasteiger partial charge in [0.25, 0.3) is 0 Å². The first-order valence-electron chi connectivity index (χ1n) is 4.48. The summed E-state index contributed by atoms with van der Waals surface area (Å²) in [5.74, 6) is 0.764. The van der Waals surface area contributed by atoms with Crippen LogP contribution in [0.15, 0.2) is 18.7 Å². The van der Waals surface area contributed by atoms with Gasteiger partial charge in [0.15, 0.2) is 5.82 Å². The van der Waals surface area contributed by atoms with E-state index in [1.54, 1.807) is 18.7 Å². The first-order valence-corrected chi connectivity index (χ1v) is 4.48. The summed E-state index contributed by atoms with van der Waals surface area (Å²) in [7, 11) is 0. The van der Waals surface area contributed by atoms with Crippen LogP contribution in [0.4, 0.5) is 0 Å². The van der Waals surface area contributed by atoms with Crippen LogP contribution in [0.25, 0.3) is 11.5 Å². The highest BCUT2D eigenvalue weighted by atomic mass is 15.3. The van der Waals surface area contributed by atoms with Gasteiger partial charge < -0.3 is 4.57 Å². The molecule has 0 saturated carbocycles. The summed E-state index contributed by atoms with van der Waals surface area (Å²) in [5, 5.41) is 7.83. The average Bonchev–Trinajstić information content (AvgIpc) is 2.67. The molecule has 5 nitrogen and oxygen atoms in total. The normalized spacial score (nSPS) is 10.4. The Balaban J connectivity index is 2.44. The van der Waals surface area contributed by atoms with Gasteiger partial charge >= 0.3 is 0 Å². The Morgan fingerprint density at radius 1 is 1.29 bits per heavy atom. The second-order valence-electron chi connectivity index (χ2n) is 2.98. The first-order chi connectivity index (χ1) is 6.81. The molecule has 0 saturated heterocycles. The van der Waals surface area contributed by atoms with E-state index in [0.29, 0.717) is 0 Å². The number of nitrogens with zero attached hydrogens (tertiary/aromatic N) is 5. The van der Waals surface area contributed by atoms with Gasteiger partial charge in [-0.3, -0.25) is 4.98 Å². The molecule has 72 valence electrons. The molecule has 0 aliphatic carbocycles. The van der Waals surface area contributed by atoms with E-state index in [9.17, 15) is 0 Å². The van der Waals surface area contributed by atoms with Gasteiger partial charge in [0.05, 0.1) is 11.9 Å². The number of aryl methyl sites for hydroxylation is 2. The molecule has 14 heavy (non-hydrogen) atoms. The van der Waals surface area contributed by atoms with E-state index in [0.717, 1.165) is 23.8 Å². The number of aromatic nitrogens is 5. The van der Waals surface area contributed by atoms with E-state index in [2.05, 4.69) is 20.2 Å². The standard InChI is InChI=1S/C9H11N5/c1-3-14-6-12-13-9(14)8-5-10-7(2)4-11-8/h4-6H,3H2,1-2H3. The third-order valence-corrected chi connectivity index (χ3v) is 1.97. The van der Waals surface area contributed by atoms with Gasteiger partial charge in [0.1, 0.15) is 12.0 Å². The monoisotopic (exact) mass is 189 g/mol. The van der Waals surface area contributed by atoms with Crippen molar-refractivity contribution in [1.82, 2.24) is 24.7 Å². The van der Waals surface area contributed by atoms with E-state index < -0.39 is 0 Å². The lowest BCUT2D eigenvalue weighted by atomic mass is 10.4. The van der Waals surface area contributed by atoms with Crippen LogP contribution in [0.3, 0.4) is 0 Å². The van der Waals surface area contributed by atoms with Gasteiger partial charge in [0.2, 0.25) is 0 Å². The molecule has 0 unspecified atom stereocenters. The summed E-state index contributed by atoms with van der Waals surface area (Å²) >= 11 is 0. The summed E-state index contributed by atoms with van der Waals surface area (Å²) in [6, 6.07) is 0. The van der Waals surface area contributed by atoms with Crippen molar-refractivity contribution in [1.29, 1.82) is 0 Å². The van der Waals surface area contributed by atoms with Crippen LogP contribution in [-0.4, -0.2) is 24.7 Å². The molecule has 0 amide bonds. The molecule has 0 atom stereocenters. The number of rotatable bonds is 2. The zero-order valence-electron chi connectivity index (χ0n) is 8.18. The molecule has 0 aliphatic heterocycles. The number of hydrogen-bond donors (Lipinski definition) is 0. The first kappa shape index (κ1) is 8.80. The molecule has 2 aromatic rings. The van der Waals surface area contributed by atoms with Gasteiger partial charge in [-0.15, -0.1) is 10.2 Å². The molecule has 0 N–H and O–H groups in total. The lowest BCUT2D eigenvalue weighted by Gasteiger charge is -2.01. The van der Waals surface area contributed by atoms with Gasteiger partial charge in [-0.2, -0.15) is 0 Å². The molecule has 0 fully saturated rings. The molecular weight excluding hydrogens is 178 g/mol. The molecule has 2 aromatic heterocycles. The van der Waals surface area contributed by atoms with Crippen molar-refractivity contribution in [3.63, 3.8) is 0 Å². The van der Waals surface area contributed by atoms with E-state index in [1.165, 1.54) is 0 Å². The Morgan fingerprint density at radius 3 is 2.79 bits per heavy atom. The van der Waals surface area contributed by atoms with Crippen molar-refractivity contribution in [2.75, 3.05) is 0 Å². The van der Waals surface area contributed by atoms with E-state index in [-0.39, 0.29) is 0 Å². The lowest BCUT2D eigenvalue weighted by Crippen LogP contribution is -1.98. The molecular formula is C9H11N5. The maximum Gasteiger partial charge on any atom is 0.183 e. The van der Waals surface area contributed by atoms with Crippen LogP contribution in [0.5, 0.6) is 0 Å². The fraction of sp³-hybridized carbons (Fsp3) is 0.333. The fourth-order valence-electron chi connectivity index (χ4n) is 1.19. The molecule has 0 spiro atoms. The van der Waals surface area contributed by atoms with Crippen molar-refractivity contribution in [2.45, 2.75) is 20.4 Å². The molecule has 0 bridgehead atoms. The number of hydrogen-bond acceptors (Lipinski definition) is 4. The Hall–Kier alpha value is -1.78. The maximum absolute atomic E-state index is 4.24. The fourth-order valence-corrected chi connectivity index (χ4v) is 1.19. The third-order valence-electron chi connectivity index (χ3n) is 1.97. The largest absolute Gasteiger partial charge is 0.313 e. The third kappa shape index (κ3) is 1.48. The SMILES string of the molecule is CCn1cnnc1-c1cnc(C)cn1. The van der Waals surface area contributed by atoms with E-state index in [1.807, 2.05) is 18.4 Å².